The third-order valence-electron chi connectivity index (χ3n) is 4.81. The first-order valence-electron chi connectivity index (χ1n) is 8.93. The van der Waals surface area contributed by atoms with Gasteiger partial charge in [-0.1, -0.05) is 5.16 Å². The van der Waals surface area contributed by atoms with Crippen molar-refractivity contribution >= 4 is 5.91 Å². The minimum Gasteiger partial charge on any atom is -0.454 e. The Balaban J connectivity index is 1.32. The van der Waals surface area contributed by atoms with Crippen LogP contribution in [-0.2, 0) is 16.1 Å². The number of likely N-dealkylation sites (tertiary alicyclic amines) is 1. The Hall–Kier alpha value is -2.54. The molecule has 0 saturated carbocycles. The Labute approximate surface area is 151 Å². The van der Waals surface area contributed by atoms with Crippen LogP contribution in [0.2, 0.25) is 0 Å². The maximum Gasteiger partial charge on any atom is 0.248 e. The fourth-order valence-electron chi connectivity index (χ4n) is 3.36. The van der Waals surface area contributed by atoms with E-state index in [1.54, 1.807) is 0 Å². The van der Waals surface area contributed by atoms with Crippen molar-refractivity contribution in [3.8, 4) is 22.8 Å². The largest absolute Gasteiger partial charge is 0.454 e. The lowest BCUT2D eigenvalue weighted by molar-refractivity contribution is -0.139. The molecule has 3 heterocycles. The van der Waals surface area contributed by atoms with Gasteiger partial charge in [0.25, 0.3) is 0 Å². The summed E-state index contributed by atoms with van der Waals surface area (Å²) in [5.74, 6) is 2.08. The molecule has 2 aliphatic rings. The van der Waals surface area contributed by atoms with Gasteiger partial charge < -0.3 is 23.6 Å². The van der Waals surface area contributed by atoms with E-state index in [0.717, 1.165) is 30.7 Å². The van der Waals surface area contributed by atoms with Crippen LogP contribution < -0.4 is 9.47 Å². The second-order valence-corrected chi connectivity index (χ2v) is 6.68. The summed E-state index contributed by atoms with van der Waals surface area (Å²) >= 11 is 0. The van der Waals surface area contributed by atoms with Gasteiger partial charge in [0.15, 0.2) is 17.3 Å². The molecule has 4 rings (SSSR count). The molecule has 2 aliphatic heterocycles. The molecule has 2 aromatic rings. The van der Waals surface area contributed by atoms with Gasteiger partial charge in [0.05, 0.1) is 6.61 Å². The van der Waals surface area contributed by atoms with E-state index < -0.39 is 0 Å². The standard InChI is InChI=1S/C19H22N2O5/c1-13-4-2-3-7-21(13)19(22)11-23-10-15-9-17(26-20-15)14-5-6-16-18(8-14)25-12-24-16/h5-6,8-9,13H,2-4,7,10-12H2,1H3/t13-/m1/s1. The first-order chi connectivity index (χ1) is 12.7. The van der Waals surface area contributed by atoms with E-state index in [-0.39, 0.29) is 25.9 Å². The second-order valence-electron chi connectivity index (χ2n) is 6.68. The van der Waals surface area contributed by atoms with Crippen LogP contribution in [0.3, 0.4) is 0 Å². The number of nitrogens with zero attached hydrogens (tertiary/aromatic N) is 2. The van der Waals surface area contributed by atoms with Crippen molar-refractivity contribution in [1.29, 1.82) is 0 Å². The van der Waals surface area contributed by atoms with E-state index in [1.807, 2.05) is 29.2 Å². The van der Waals surface area contributed by atoms with E-state index in [4.69, 9.17) is 18.7 Å². The summed E-state index contributed by atoms with van der Waals surface area (Å²) in [6, 6.07) is 7.69. The van der Waals surface area contributed by atoms with Gasteiger partial charge >= 0.3 is 0 Å². The molecule has 1 amide bonds. The molecular formula is C19H22N2O5. The van der Waals surface area contributed by atoms with Gasteiger partial charge in [0, 0.05) is 24.2 Å². The predicted molar refractivity (Wildman–Crippen MR) is 92.7 cm³/mol. The molecule has 1 aromatic heterocycles. The van der Waals surface area contributed by atoms with Gasteiger partial charge in [-0.3, -0.25) is 4.79 Å². The molecule has 0 aliphatic carbocycles. The van der Waals surface area contributed by atoms with Crippen LogP contribution in [0.5, 0.6) is 11.5 Å². The number of piperidine rings is 1. The molecule has 0 unspecified atom stereocenters. The number of aromatic nitrogens is 1. The monoisotopic (exact) mass is 358 g/mol. The molecule has 7 nitrogen and oxygen atoms in total. The van der Waals surface area contributed by atoms with Crippen LogP contribution in [-0.4, -0.2) is 42.0 Å². The lowest BCUT2D eigenvalue weighted by Gasteiger charge is -2.33. The van der Waals surface area contributed by atoms with E-state index in [2.05, 4.69) is 12.1 Å². The highest BCUT2D eigenvalue weighted by Crippen LogP contribution is 2.36. The Morgan fingerprint density at radius 2 is 2.15 bits per heavy atom. The number of hydrogen-bond acceptors (Lipinski definition) is 6. The maximum atomic E-state index is 12.3. The third kappa shape index (κ3) is 3.53. The lowest BCUT2D eigenvalue weighted by atomic mass is 10.0. The average Bonchev–Trinajstić information content (AvgIpc) is 3.30. The zero-order valence-electron chi connectivity index (χ0n) is 14.8. The molecule has 7 heteroatoms. The molecule has 0 N–H and O–H groups in total. The van der Waals surface area contributed by atoms with Gasteiger partial charge in [-0.25, -0.2) is 0 Å². The highest BCUT2D eigenvalue weighted by atomic mass is 16.7. The summed E-state index contributed by atoms with van der Waals surface area (Å²) in [5, 5.41) is 4.01. The number of rotatable bonds is 5. The molecule has 1 atom stereocenters. The van der Waals surface area contributed by atoms with Crippen LogP contribution in [0.25, 0.3) is 11.3 Å². The quantitative estimate of drug-likeness (QED) is 0.818. The number of carbonyl (C=O) groups excluding carboxylic acids is 1. The second kappa shape index (κ2) is 7.37. The van der Waals surface area contributed by atoms with Gasteiger partial charge in [-0.15, -0.1) is 0 Å². The van der Waals surface area contributed by atoms with Crippen molar-refractivity contribution in [1.82, 2.24) is 10.1 Å². The molecule has 0 radical (unpaired) electrons. The lowest BCUT2D eigenvalue weighted by Crippen LogP contribution is -2.43. The zero-order valence-corrected chi connectivity index (χ0v) is 14.8. The number of fused-ring (bicyclic) bond motifs is 1. The van der Waals surface area contributed by atoms with Crippen molar-refractivity contribution < 1.29 is 23.5 Å². The summed E-state index contributed by atoms with van der Waals surface area (Å²) in [7, 11) is 0. The summed E-state index contributed by atoms with van der Waals surface area (Å²) in [6.07, 6.45) is 3.32. The molecule has 138 valence electrons. The van der Waals surface area contributed by atoms with Crippen LogP contribution in [0.1, 0.15) is 31.9 Å². The average molecular weight is 358 g/mol. The third-order valence-corrected chi connectivity index (χ3v) is 4.81. The van der Waals surface area contributed by atoms with Gasteiger partial charge in [-0.2, -0.15) is 0 Å². The SMILES string of the molecule is C[C@@H]1CCCCN1C(=O)COCc1cc(-c2ccc3c(c2)OCO3)on1. The summed E-state index contributed by atoms with van der Waals surface area (Å²) in [4.78, 5) is 14.2. The zero-order chi connectivity index (χ0) is 17.9. The van der Waals surface area contributed by atoms with Crippen molar-refractivity contribution in [2.24, 2.45) is 0 Å². The fraction of sp³-hybridized carbons (Fsp3) is 0.474. The first-order valence-corrected chi connectivity index (χ1v) is 8.93. The van der Waals surface area contributed by atoms with E-state index in [1.165, 1.54) is 6.42 Å². The molecular weight excluding hydrogens is 336 g/mol. The van der Waals surface area contributed by atoms with Gasteiger partial charge in [0.2, 0.25) is 12.7 Å². The minimum absolute atomic E-state index is 0.0386. The van der Waals surface area contributed by atoms with Crippen molar-refractivity contribution in [2.45, 2.75) is 38.8 Å². The topological polar surface area (TPSA) is 74.0 Å². The minimum atomic E-state index is 0.0386. The Bertz CT molecular complexity index is 788. The maximum absolute atomic E-state index is 12.3. The number of benzene rings is 1. The normalized spacial score (nSPS) is 19.0. The number of hydrogen-bond donors (Lipinski definition) is 0. The van der Waals surface area contributed by atoms with Crippen molar-refractivity contribution in [3.63, 3.8) is 0 Å². The Morgan fingerprint density at radius 1 is 1.27 bits per heavy atom. The smallest absolute Gasteiger partial charge is 0.248 e. The van der Waals surface area contributed by atoms with E-state index >= 15 is 0 Å². The van der Waals surface area contributed by atoms with Crippen LogP contribution >= 0.6 is 0 Å². The number of amides is 1. The Kier molecular flexibility index (Phi) is 4.79. The van der Waals surface area contributed by atoms with Gasteiger partial charge in [-0.05, 0) is 44.4 Å². The summed E-state index contributed by atoms with van der Waals surface area (Å²) in [5.41, 5.74) is 1.50. The van der Waals surface area contributed by atoms with Crippen LogP contribution in [0.4, 0.5) is 0 Å². The molecule has 26 heavy (non-hydrogen) atoms. The first kappa shape index (κ1) is 16.9. The molecule has 1 saturated heterocycles. The van der Waals surface area contributed by atoms with Crippen LogP contribution in [0.15, 0.2) is 28.8 Å². The summed E-state index contributed by atoms with van der Waals surface area (Å²) < 4.78 is 21.6. The van der Waals surface area contributed by atoms with Crippen molar-refractivity contribution in [2.75, 3.05) is 19.9 Å². The number of carbonyl (C=O) groups is 1. The van der Waals surface area contributed by atoms with Crippen LogP contribution in [0, 0.1) is 0 Å². The molecule has 0 spiro atoms. The molecule has 0 bridgehead atoms. The van der Waals surface area contributed by atoms with Gasteiger partial charge in [0.1, 0.15) is 12.3 Å². The number of ether oxygens (including phenoxy) is 3. The molecule has 1 aromatic carbocycles. The summed E-state index contributed by atoms with van der Waals surface area (Å²) in [6.45, 7) is 3.45. The molecule has 1 fully saturated rings. The Morgan fingerprint density at radius 3 is 3.04 bits per heavy atom. The van der Waals surface area contributed by atoms with E-state index in [9.17, 15) is 4.79 Å². The van der Waals surface area contributed by atoms with Crippen molar-refractivity contribution in [3.05, 3.63) is 30.0 Å². The predicted octanol–water partition coefficient (Wildman–Crippen LogP) is 2.99. The highest BCUT2D eigenvalue weighted by Gasteiger charge is 2.23. The fourth-order valence-corrected chi connectivity index (χ4v) is 3.36. The van der Waals surface area contributed by atoms with E-state index in [0.29, 0.717) is 23.2 Å². The highest BCUT2D eigenvalue weighted by molar-refractivity contribution is 5.77.